The van der Waals surface area contributed by atoms with Gasteiger partial charge in [0, 0.05) is 11.7 Å². The Kier molecular flexibility index (Phi) is 8.20. The second kappa shape index (κ2) is 11.7. The number of hydrogen-bond donors (Lipinski definition) is 3. The van der Waals surface area contributed by atoms with Crippen LogP contribution in [-0.2, 0) is 0 Å². The van der Waals surface area contributed by atoms with E-state index in [4.69, 9.17) is 26.3 Å². The molecule has 3 aromatic rings. The molecule has 1 aliphatic carbocycles. The van der Waals surface area contributed by atoms with Crippen LogP contribution in [0.5, 0.6) is 17.5 Å². The van der Waals surface area contributed by atoms with Gasteiger partial charge in [0.05, 0.1) is 17.8 Å². The summed E-state index contributed by atoms with van der Waals surface area (Å²) in [5, 5.41) is 19.3. The maximum atomic E-state index is 8.97. The molecule has 0 amide bonds. The first-order valence-electron chi connectivity index (χ1n) is 11.6. The van der Waals surface area contributed by atoms with Crippen molar-refractivity contribution >= 4 is 34.9 Å². The fourth-order valence-corrected chi connectivity index (χ4v) is 4.19. The second-order valence-corrected chi connectivity index (χ2v) is 8.79. The van der Waals surface area contributed by atoms with Crippen LogP contribution in [0.1, 0.15) is 51.0 Å². The van der Waals surface area contributed by atoms with E-state index in [2.05, 4.69) is 30.7 Å². The Labute approximate surface area is 209 Å². The van der Waals surface area contributed by atoms with E-state index in [1.165, 1.54) is 25.7 Å². The highest BCUT2D eigenvalue weighted by Crippen LogP contribution is 2.29. The molecule has 0 spiro atoms. The monoisotopic (exact) mass is 496 g/mol. The van der Waals surface area contributed by atoms with Crippen LogP contribution in [0, 0.1) is 0 Å². The molecule has 0 radical (unpaired) electrons. The molecule has 1 saturated carbocycles. The Bertz CT molecular complexity index is 1160. The topological polar surface area (TPSA) is 114 Å². The zero-order valence-corrected chi connectivity index (χ0v) is 20.5. The summed E-state index contributed by atoms with van der Waals surface area (Å²) in [6.07, 6.45) is 7.03. The van der Waals surface area contributed by atoms with Gasteiger partial charge in [-0.05, 0) is 67.8 Å². The Morgan fingerprint density at radius 3 is 2.37 bits per heavy atom. The van der Waals surface area contributed by atoms with Gasteiger partial charge < -0.3 is 25.3 Å². The van der Waals surface area contributed by atoms with Crippen molar-refractivity contribution in [1.82, 2.24) is 15.0 Å². The second-order valence-electron chi connectivity index (χ2n) is 8.38. The number of ether oxygens (including phenoxy) is 2. The summed E-state index contributed by atoms with van der Waals surface area (Å²) in [5.41, 5.74) is 2.00. The largest absolute Gasteiger partial charge is 0.495 e. The normalized spacial score (nSPS) is 14.8. The Hall–Kier alpha value is -3.59. The predicted molar refractivity (Wildman–Crippen MR) is 137 cm³/mol. The van der Waals surface area contributed by atoms with Crippen LogP contribution in [0.15, 0.2) is 47.6 Å². The molecule has 2 aromatic carbocycles. The van der Waals surface area contributed by atoms with Crippen molar-refractivity contribution < 1.29 is 14.7 Å². The number of oxime groups is 1. The molecule has 1 aliphatic rings. The summed E-state index contributed by atoms with van der Waals surface area (Å²) < 4.78 is 11.2. The van der Waals surface area contributed by atoms with Crippen LogP contribution in [-0.4, -0.2) is 39.0 Å². The molecular formula is C25H29ClN6O3. The molecule has 1 heterocycles. The number of benzene rings is 2. The van der Waals surface area contributed by atoms with Crippen molar-refractivity contribution in [2.45, 2.75) is 51.5 Å². The van der Waals surface area contributed by atoms with Crippen molar-refractivity contribution in [3.63, 3.8) is 0 Å². The lowest BCUT2D eigenvalue weighted by Gasteiger charge is -2.17. The molecule has 0 unspecified atom stereocenters. The minimum absolute atomic E-state index is 0.151. The van der Waals surface area contributed by atoms with Gasteiger partial charge >= 0.3 is 6.01 Å². The van der Waals surface area contributed by atoms with Gasteiger partial charge in [-0.2, -0.15) is 15.0 Å². The van der Waals surface area contributed by atoms with E-state index in [1.54, 1.807) is 50.4 Å². The molecule has 0 bridgehead atoms. The van der Waals surface area contributed by atoms with E-state index >= 15 is 0 Å². The van der Waals surface area contributed by atoms with Gasteiger partial charge in [0.25, 0.3) is 0 Å². The van der Waals surface area contributed by atoms with E-state index in [1.807, 2.05) is 6.07 Å². The number of anilines is 3. The van der Waals surface area contributed by atoms with E-state index in [9.17, 15) is 0 Å². The van der Waals surface area contributed by atoms with Crippen LogP contribution >= 0.6 is 11.6 Å². The van der Waals surface area contributed by atoms with Crippen LogP contribution in [0.25, 0.3) is 0 Å². The number of methoxy groups -OCH3 is 1. The molecule has 0 atom stereocenters. The summed E-state index contributed by atoms with van der Waals surface area (Å²) in [6.45, 7) is 1.72. The van der Waals surface area contributed by atoms with Crippen molar-refractivity contribution in [2.75, 3.05) is 17.7 Å². The van der Waals surface area contributed by atoms with Gasteiger partial charge in [-0.3, -0.25) is 0 Å². The minimum Gasteiger partial charge on any atom is -0.495 e. The van der Waals surface area contributed by atoms with Crippen molar-refractivity contribution in [3.05, 3.63) is 53.1 Å². The van der Waals surface area contributed by atoms with Crippen LogP contribution < -0.4 is 20.1 Å². The van der Waals surface area contributed by atoms with Crippen LogP contribution in [0.4, 0.5) is 17.6 Å². The summed E-state index contributed by atoms with van der Waals surface area (Å²) >= 11 is 6.28. The molecule has 184 valence electrons. The third kappa shape index (κ3) is 6.73. The average Bonchev–Trinajstić information content (AvgIpc) is 3.13. The Morgan fingerprint density at radius 1 is 1.00 bits per heavy atom. The number of aromatic nitrogens is 3. The summed E-state index contributed by atoms with van der Waals surface area (Å²) in [7, 11) is 1.57. The lowest BCUT2D eigenvalue weighted by atomic mass is 10.1. The Balaban J connectivity index is 1.59. The molecular weight excluding hydrogens is 468 g/mol. The fraction of sp³-hybridized carbons (Fsp3) is 0.360. The van der Waals surface area contributed by atoms with Gasteiger partial charge in [-0.1, -0.05) is 42.4 Å². The standard InChI is InChI=1S/C25H29ClN6O3/c1-16(32-33)17-9-12-20(13-10-17)35-25-30-23(27-18-7-5-3-4-6-8-18)29-24(31-25)28-19-11-14-22(34-2)21(26)15-19/h9-15,18,33H,3-8H2,1-2H3,(H2,27,28,29,30,31)/b32-16+. The highest BCUT2D eigenvalue weighted by atomic mass is 35.5. The number of nitrogens with zero attached hydrogens (tertiary/aromatic N) is 4. The number of rotatable bonds is 8. The first-order valence-corrected chi connectivity index (χ1v) is 12.0. The van der Waals surface area contributed by atoms with Gasteiger partial charge in [-0.25, -0.2) is 0 Å². The van der Waals surface area contributed by atoms with Crippen LogP contribution in [0.3, 0.4) is 0 Å². The van der Waals surface area contributed by atoms with E-state index < -0.39 is 0 Å². The lowest BCUT2D eigenvalue weighted by Crippen LogP contribution is -2.20. The number of halogens is 1. The molecule has 0 aliphatic heterocycles. The van der Waals surface area contributed by atoms with Crippen molar-refractivity contribution in [1.29, 1.82) is 0 Å². The van der Waals surface area contributed by atoms with E-state index in [-0.39, 0.29) is 6.01 Å². The quantitative estimate of drug-likeness (QED) is 0.142. The maximum Gasteiger partial charge on any atom is 0.328 e. The van der Waals surface area contributed by atoms with Gasteiger partial charge in [0.2, 0.25) is 11.9 Å². The zero-order chi connectivity index (χ0) is 24.6. The molecule has 9 nitrogen and oxygen atoms in total. The third-order valence-electron chi connectivity index (χ3n) is 5.84. The zero-order valence-electron chi connectivity index (χ0n) is 19.8. The summed E-state index contributed by atoms with van der Waals surface area (Å²) in [4.78, 5) is 13.5. The smallest absolute Gasteiger partial charge is 0.328 e. The summed E-state index contributed by atoms with van der Waals surface area (Å²) in [5.74, 6) is 1.90. The predicted octanol–water partition coefficient (Wildman–Crippen LogP) is 6.40. The van der Waals surface area contributed by atoms with Crippen molar-refractivity contribution in [3.8, 4) is 17.5 Å². The molecule has 10 heteroatoms. The fourth-order valence-electron chi connectivity index (χ4n) is 3.93. The van der Waals surface area contributed by atoms with E-state index in [0.29, 0.717) is 45.9 Å². The van der Waals surface area contributed by atoms with E-state index in [0.717, 1.165) is 18.4 Å². The average molecular weight is 497 g/mol. The number of nitrogens with one attached hydrogen (secondary N) is 2. The first kappa shape index (κ1) is 24.5. The van der Waals surface area contributed by atoms with Gasteiger partial charge in [-0.15, -0.1) is 0 Å². The van der Waals surface area contributed by atoms with Gasteiger partial charge in [0.1, 0.15) is 11.5 Å². The maximum absolute atomic E-state index is 8.97. The summed E-state index contributed by atoms with van der Waals surface area (Å²) in [6, 6.07) is 12.9. The lowest BCUT2D eigenvalue weighted by molar-refractivity contribution is 0.319. The van der Waals surface area contributed by atoms with Gasteiger partial charge in [0.15, 0.2) is 0 Å². The SMILES string of the molecule is COc1ccc(Nc2nc(NC3CCCCCC3)nc(Oc3ccc(/C(C)=N/O)cc3)n2)cc1Cl. The molecule has 0 saturated heterocycles. The molecule has 1 fully saturated rings. The molecule has 3 N–H and O–H groups in total. The molecule has 1 aromatic heterocycles. The molecule has 4 rings (SSSR count). The minimum atomic E-state index is 0.151. The van der Waals surface area contributed by atoms with Crippen LogP contribution in [0.2, 0.25) is 5.02 Å². The third-order valence-corrected chi connectivity index (χ3v) is 6.14. The highest BCUT2D eigenvalue weighted by molar-refractivity contribution is 6.32. The molecule has 35 heavy (non-hydrogen) atoms. The first-order chi connectivity index (χ1) is 17.0. The van der Waals surface area contributed by atoms with Crippen molar-refractivity contribution in [2.24, 2.45) is 5.16 Å². The Morgan fingerprint density at radius 2 is 1.71 bits per heavy atom. The number of hydrogen-bond acceptors (Lipinski definition) is 9. The highest BCUT2D eigenvalue weighted by Gasteiger charge is 2.16.